The maximum Gasteiger partial charge on any atom is 0.258 e. The lowest BCUT2D eigenvalue weighted by atomic mass is 9.52. The molecule has 2 fully saturated rings. The zero-order valence-corrected chi connectivity index (χ0v) is 45.2. The number of nitrogens with zero attached hydrogens (tertiary/aromatic N) is 1. The summed E-state index contributed by atoms with van der Waals surface area (Å²) in [7, 11) is -0.225. The molecule has 74 heavy (non-hydrogen) atoms. The molecule has 11 nitrogen and oxygen atoms in total. The van der Waals surface area contributed by atoms with Gasteiger partial charge >= 0.3 is 0 Å². The summed E-state index contributed by atoms with van der Waals surface area (Å²) in [4.78, 5) is 17.6. The van der Waals surface area contributed by atoms with Crippen LogP contribution in [0.1, 0.15) is 87.8 Å². The average Bonchev–Trinajstić information content (AvgIpc) is 3.77. The number of likely N-dealkylation sites (N-methyl/N-ethyl adjacent to an activating group) is 1. The monoisotopic (exact) mass is 1020 g/mol. The lowest BCUT2D eigenvalue weighted by molar-refractivity contribution is -0.272. The molecule has 5 aromatic rings. The first kappa shape index (κ1) is 52.3. The van der Waals surface area contributed by atoms with Gasteiger partial charge in [0.05, 0.1) is 51.0 Å². The molecule has 3 aliphatic heterocycles. The number of carbonyl (C=O) groups is 1. The van der Waals surface area contributed by atoms with Crippen molar-refractivity contribution in [3.8, 4) is 11.5 Å². The summed E-state index contributed by atoms with van der Waals surface area (Å²) in [6.45, 7) is 15.9. The van der Waals surface area contributed by atoms with E-state index >= 15 is 4.79 Å². The first-order chi connectivity index (χ1) is 35.8. The van der Waals surface area contributed by atoms with Crippen molar-refractivity contribution < 1.29 is 42.7 Å². The number of carbonyl (C=O) groups excluding carboxylic acids is 1. The summed E-state index contributed by atoms with van der Waals surface area (Å²) >= 11 is 0. The number of rotatable bonds is 21. The second-order valence-corrected chi connectivity index (χ2v) is 27.7. The molecule has 5 aliphatic rings. The van der Waals surface area contributed by atoms with Gasteiger partial charge in [0.2, 0.25) is 5.91 Å². The number of nitrogens with one attached hydrogen (secondary N) is 1. The minimum atomic E-state index is -2.42. The third-order valence-corrected chi connectivity index (χ3v) is 22.9. The largest absolute Gasteiger partial charge is 0.540 e. The van der Waals surface area contributed by atoms with Gasteiger partial charge in [0, 0.05) is 17.5 Å². The smallest absolute Gasteiger partial charge is 0.258 e. The minimum absolute atomic E-state index is 0.0548. The highest BCUT2D eigenvalue weighted by molar-refractivity contribution is 6.78. The predicted octanol–water partition coefficient (Wildman–Crippen LogP) is 10.6. The summed E-state index contributed by atoms with van der Waals surface area (Å²) in [5.41, 5.74) is 4.87. The van der Waals surface area contributed by atoms with Crippen LogP contribution in [0.4, 0.5) is 0 Å². The molecule has 0 radical (unpaired) electrons. The fourth-order valence-electron chi connectivity index (χ4n) is 13.5. The standard InChI is InChI=1S/C62H76N2O9Si/c1-41(2)74(42(3)4,43(5)6)73-51-29-28-48-34-50-49-30-31-62(66,60-61(49,32-33-64(50)7)55(48)56(51)72-60)63-54(65)35-52-57(68-37-45-22-14-9-15-23-45)59(70-39-47-26-18-11-19-27-47)58(69-38-46-24-16-10-17-25-46)53(71-52)40-67-36-44-20-12-8-13-21-44/h8-31,41-43,49-50,52-53,57-60,66H,32-40H2,1-7H3,(H,63,65)/t49-,50+,52-,53+,57-,58+,59+,60+,61-,62-/m0/s1. The maximum atomic E-state index is 15.2. The molecule has 2 N–H and O–H groups in total. The van der Waals surface area contributed by atoms with E-state index in [4.69, 9.17) is 32.8 Å². The molecule has 10 rings (SSSR count). The molecule has 10 atom stereocenters. The number of hydrogen-bond donors (Lipinski definition) is 2. The molecule has 1 amide bonds. The Labute approximate surface area is 439 Å². The Bertz CT molecular complexity index is 2670. The van der Waals surface area contributed by atoms with Crippen LogP contribution in [0.2, 0.25) is 16.6 Å². The summed E-state index contributed by atoms with van der Waals surface area (Å²) in [6.07, 6.45) is 0.882. The average molecular weight is 1020 g/mol. The Balaban J connectivity index is 0.988. The van der Waals surface area contributed by atoms with Crippen molar-refractivity contribution in [1.29, 1.82) is 0 Å². The van der Waals surface area contributed by atoms with E-state index in [1.807, 2.05) is 121 Å². The van der Waals surface area contributed by atoms with Gasteiger partial charge in [0.15, 0.2) is 17.6 Å². The first-order valence-electron chi connectivity index (χ1n) is 27.0. The second-order valence-electron chi connectivity index (χ2n) is 22.3. The summed E-state index contributed by atoms with van der Waals surface area (Å²) in [5, 5.41) is 16.4. The van der Waals surface area contributed by atoms with Crippen LogP contribution in [0.15, 0.2) is 146 Å². The number of amides is 1. The van der Waals surface area contributed by atoms with Crippen LogP contribution < -0.4 is 14.5 Å². The van der Waals surface area contributed by atoms with Gasteiger partial charge in [-0.2, -0.15) is 0 Å². The number of aliphatic hydroxyl groups is 1. The Kier molecular flexibility index (Phi) is 15.7. The molecule has 3 heterocycles. The van der Waals surface area contributed by atoms with E-state index in [9.17, 15) is 5.11 Å². The first-order valence-corrected chi connectivity index (χ1v) is 29.1. The fraction of sp³-hybridized carbons (Fsp3) is 0.468. The number of likely N-dealkylation sites (tertiary alicyclic amines) is 1. The molecule has 0 saturated carbocycles. The summed E-state index contributed by atoms with van der Waals surface area (Å²) in [5.74, 6) is 1.11. The van der Waals surface area contributed by atoms with Crippen LogP contribution in [-0.2, 0) is 66.7 Å². The van der Waals surface area contributed by atoms with Crippen LogP contribution in [0.5, 0.6) is 11.5 Å². The highest BCUT2D eigenvalue weighted by atomic mass is 28.4. The van der Waals surface area contributed by atoms with Crippen molar-refractivity contribution in [2.45, 2.75) is 158 Å². The van der Waals surface area contributed by atoms with Gasteiger partial charge in [0.25, 0.3) is 8.32 Å². The normalized spacial score (nSPS) is 28.0. The van der Waals surface area contributed by atoms with E-state index in [0.717, 1.165) is 58.7 Å². The molecule has 2 aliphatic carbocycles. The highest BCUT2D eigenvalue weighted by Gasteiger charge is 2.68. The molecule has 2 saturated heterocycles. The molecular weight excluding hydrogens is 945 g/mol. The molecule has 12 heteroatoms. The molecule has 2 bridgehead atoms. The third-order valence-electron chi connectivity index (χ3n) is 16.9. The SMILES string of the molecule is CC(C)[Si](Oc1ccc2c3c1O[C@@H]1[C@]34CCN(C)[C@H](C2)[C@@H]4C=C[C@@]1(O)NC(=O)C[C@@H]1O[C@H](COCc2ccccc2)[C@@H](OCc2ccccc2)[C@H](OCc2ccccc2)[C@H]1OCc1ccccc1)(C(C)C)C(C)C. The van der Waals surface area contributed by atoms with E-state index in [0.29, 0.717) is 29.8 Å². The molecule has 392 valence electrons. The molecular formula is C62H76N2O9Si. The van der Waals surface area contributed by atoms with Gasteiger partial charge in [-0.25, -0.2) is 0 Å². The van der Waals surface area contributed by atoms with Gasteiger partial charge in [-0.3, -0.25) is 4.79 Å². The number of ether oxygens (including phenoxy) is 6. The van der Waals surface area contributed by atoms with Crippen molar-refractivity contribution in [1.82, 2.24) is 10.2 Å². The maximum absolute atomic E-state index is 15.2. The van der Waals surface area contributed by atoms with Gasteiger partial charge in [-0.05, 0) is 83.0 Å². The number of hydrogen-bond acceptors (Lipinski definition) is 10. The molecule has 0 aromatic heterocycles. The van der Waals surface area contributed by atoms with Crippen LogP contribution in [0, 0.1) is 5.92 Å². The Morgan fingerprint density at radius 1 is 0.703 bits per heavy atom. The lowest BCUT2D eigenvalue weighted by Crippen LogP contribution is -2.71. The zero-order valence-electron chi connectivity index (χ0n) is 44.2. The van der Waals surface area contributed by atoms with Crippen molar-refractivity contribution in [2.24, 2.45) is 5.92 Å². The fourth-order valence-corrected chi connectivity index (χ4v) is 18.8. The second kappa shape index (κ2) is 22.2. The Morgan fingerprint density at radius 3 is 1.76 bits per heavy atom. The van der Waals surface area contributed by atoms with Crippen molar-refractivity contribution in [3.05, 3.63) is 179 Å². The Hall–Kier alpha value is -5.15. The zero-order chi connectivity index (χ0) is 51.6. The summed E-state index contributed by atoms with van der Waals surface area (Å²) in [6, 6.07) is 44.6. The quantitative estimate of drug-likeness (QED) is 0.0418. The van der Waals surface area contributed by atoms with E-state index in [-0.39, 0.29) is 38.2 Å². The van der Waals surface area contributed by atoms with Crippen molar-refractivity contribution >= 4 is 14.2 Å². The molecule has 0 unspecified atom stereocenters. The highest BCUT2D eigenvalue weighted by Crippen LogP contribution is 2.64. The van der Waals surface area contributed by atoms with E-state index in [1.165, 1.54) is 5.56 Å². The molecule has 5 aromatic carbocycles. The van der Waals surface area contributed by atoms with Crippen LogP contribution in [0.25, 0.3) is 0 Å². The Morgan fingerprint density at radius 2 is 1.22 bits per heavy atom. The van der Waals surface area contributed by atoms with Crippen LogP contribution in [-0.4, -0.2) is 92.8 Å². The van der Waals surface area contributed by atoms with E-state index in [1.54, 1.807) is 6.08 Å². The van der Waals surface area contributed by atoms with Crippen LogP contribution >= 0.6 is 0 Å². The minimum Gasteiger partial charge on any atom is -0.540 e. The van der Waals surface area contributed by atoms with Gasteiger partial charge in [-0.1, -0.05) is 175 Å². The van der Waals surface area contributed by atoms with Gasteiger partial charge in [-0.15, -0.1) is 0 Å². The van der Waals surface area contributed by atoms with E-state index in [2.05, 4.69) is 77.0 Å². The topological polar surface area (TPSA) is 117 Å². The number of benzene rings is 5. The summed E-state index contributed by atoms with van der Waals surface area (Å²) < 4.78 is 49.1. The van der Waals surface area contributed by atoms with Crippen molar-refractivity contribution in [3.63, 3.8) is 0 Å². The predicted molar refractivity (Wildman–Crippen MR) is 289 cm³/mol. The molecule has 1 spiro atoms. The van der Waals surface area contributed by atoms with Crippen molar-refractivity contribution in [2.75, 3.05) is 20.2 Å². The third kappa shape index (κ3) is 10.2. The number of piperidine rings is 1. The van der Waals surface area contributed by atoms with Gasteiger partial charge in [0.1, 0.15) is 30.2 Å². The van der Waals surface area contributed by atoms with E-state index < -0.39 is 62.0 Å². The van der Waals surface area contributed by atoms with Gasteiger partial charge < -0.3 is 48.2 Å². The van der Waals surface area contributed by atoms with Crippen LogP contribution in [0.3, 0.4) is 0 Å². The lowest BCUT2D eigenvalue weighted by Gasteiger charge is -2.58.